The highest BCUT2D eigenvalue weighted by Gasteiger charge is 2.20. The smallest absolute Gasteiger partial charge is 0.255 e. The number of carbonyl (C=O) groups is 2. The maximum atomic E-state index is 12.8. The molecule has 8 heteroatoms. The van der Waals surface area contributed by atoms with E-state index in [4.69, 9.17) is 27.9 Å². The minimum Gasteiger partial charge on any atom is -0.435 e. The number of carbonyl (C=O) groups excluding carboxylic acids is 2. The zero-order valence-electron chi connectivity index (χ0n) is 16.5. The Morgan fingerprint density at radius 1 is 1.06 bits per heavy atom. The van der Waals surface area contributed by atoms with E-state index in [1.807, 2.05) is 0 Å². The Morgan fingerprint density at radius 2 is 1.84 bits per heavy atom. The third kappa shape index (κ3) is 4.98. The van der Waals surface area contributed by atoms with Crippen LogP contribution in [0.1, 0.15) is 29.6 Å². The van der Waals surface area contributed by atoms with Crippen molar-refractivity contribution < 1.29 is 14.3 Å². The molecule has 2 heterocycles. The van der Waals surface area contributed by atoms with Crippen LogP contribution >= 0.6 is 23.2 Å². The molecule has 2 amide bonds. The van der Waals surface area contributed by atoms with E-state index >= 15 is 0 Å². The number of pyridine rings is 1. The summed E-state index contributed by atoms with van der Waals surface area (Å²) in [6, 6.07) is 15.5. The van der Waals surface area contributed by atoms with Gasteiger partial charge >= 0.3 is 0 Å². The van der Waals surface area contributed by atoms with E-state index in [-0.39, 0.29) is 22.7 Å². The Hall–Kier alpha value is -3.09. The Bertz CT molecular complexity index is 1120. The summed E-state index contributed by atoms with van der Waals surface area (Å²) in [4.78, 5) is 30.7. The van der Waals surface area contributed by atoms with Crippen LogP contribution in [0.15, 0.2) is 60.8 Å². The van der Waals surface area contributed by atoms with Crippen LogP contribution < -0.4 is 15.0 Å². The van der Waals surface area contributed by atoms with Crippen molar-refractivity contribution in [2.24, 2.45) is 0 Å². The van der Waals surface area contributed by atoms with Gasteiger partial charge in [0.25, 0.3) is 5.91 Å². The molecule has 31 heavy (non-hydrogen) atoms. The van der Waals surface area contributed by atoms with Crippen LogP contribution in [0.3, 0.4) is 0 Å². The van der Waals surface area contributed by atoms with E-state index in [1.165, 1.54) is 12.3 Å². The Balaban J connectivity index is 1.49. The number of para-hydroxylation sites is 2. The van der Waals surface area contributed by atoms with Crippen molar-refractivity contribution in [1.82, 2.24) is 4.98 Å². The second-order valence-electron chi connectivity index (χ2n) is 7.04. The van der Waals surface area contributed by atoms with Crippen molar-refractivity contribution in [3.8, 4) is 11.6 Å². The largest absolute Gasteiger partial charge is 0.435 e. The fourth-order valence-electron chi connectivity index (χ4n) is 3.31. The molecule has 1 fully saturated rings. The number of rotatable bonds is 5. The molecular weight excluding hydrogens is 437 g/mol. The molecule has 0 unspecified atom stereocenters. The fourth-order valence-corrected chi connectivity index (χ4v) is 3.72. The monoisotopic (exact) mass is 455 g/mol. The van der Waals surface area contributed by atoms with Crippen molar-refractivity contribution in [1.29, 1.82) is 0 Å². The SMILES string of the molecule is O=C(Nc1ccccc1Oc1ncc(Cl)cc1Cl)c1ccc(N2CCCCC2=O)cc1. The number of halogens is 2. The zero-order chi connectivity index (χ0) is 21.8. The van der Waals surface area contributed by atoms with Crippen LogP contribution in [0.25, 0.3) is 0 Å². The summed E-state index contributed by atoms with van der Waals surface area (Å²) in [6.07, 6.45) is 3.90. The summed E-state index contributed by atoms with van der Waals surface area (Å²) in [5.41, 5.74) is 1.73. The van der Waals surface area contributed by atoms with Gasteiger partial charge in [-0.05, 0) is 55.3 Å². The highest BCUT2D eigenvalue weighted by Crippen LogP contribution is 2.33. The van der Waals surface area contributed by atoms with Gasteiger partial charge in [0, 0.05) is 30.4 Å². The van der Waals surface area contributed by atoms with Crippen molar-refractivity contribution in [3.63, 3.8) is 0 Å². The first-order valence-electron chi connectivity index (χ1n) is 9.81. The van der Waals surface area contributed by atoms with Gasteiger partial charge in [-0.25, -0.2) is 4.98 Å². The molecule has 0 radical (unpaired) electrons. The van der Waals surface area contributed by atoms with E-state index < -0.39 is 0 Å². The quantitative estimate of drug-likeness (QED) is 0.515. The molecule has 6 nitrogen and oxygen atoms in total. The molecule has 1 N–H and O–H groups in total. The number of nitrogens with one attached hydrogen (secondary N) is 1. The average Bonchev–Trinajstić information content (AvgIpc) is 2.77. The molecular formula is C23H19Cl2N3O3. The summed E-state index contributed by atoms with van der Waals surface area (Å²) in [6.45, 7) is 0.705. The van der Waals surface area contributed by atoms with E-state index in [0.717, 1.165) is 18.5 Å². The summed E-state index contributed by atoms with van der Waals surface area (Å²) < 4.78 is 5.78. The number of anilines is 2. The van der Waals surface area contributed by atoms with Crippen LogP contribution in [-0.2, 0) is 4.79 Å². The lowest BCUT2D eigenvalue weighted by molar-refractivity contribution is -0.119. The highest BCUT2D eigenvalue weighted by atomic mass is 35.5. The Kier molecular flexibility index (Phi) is 6.39. The number of hydrogen-bond acceptors (Lipinski definition) is 4. The Labute approximate surface area is 189 Å². The maximum Gasteiger partial charge on any atom is 0.255 e. The van der Waals surface area contributed by atoms with Crippen LogP contribution in [0.2, 0.25) is 10.0 Å². The molecule has 1 aromatic heterocycles. The molecule has 0 spiro atoms. The summed E-state index contributed by atoms with van der Waals surface area (Å²) in [5.74, 6) is 0.387. The molecule has 158 valence electrons. The minimum atomic E-state index is -0.303. The standard InChI is InChI=1S/C23H19Cl2N3O3/c24-16-13-18(25)23(26-14-16)31-20-6-2-1-5-19(20)27-22(30)15-8-10-17(11-9-15)28-12-4-3-7-21(28)29/h1-2,5-6,8-11,13-14H,3-4,7,12H2,(H,27,30). The first-order valence-corrected chi connectivity index (χ1v) is 10.6. The van der Waals surface area contributed by atoms with E-state index in [0.29, 0.717) is 35.0 Å². The number of benzene rings is 2. The third-order valence-electron chi connectivity index (χ3n) is 4.88. The number of ether oxygens (including phenoxy) is 1. The lowest BCUT2D eigenvalue weighted by Crippen LogP contribution is -2.35. The highest BCUT2D eigenvalue weighted by molar-refractivity contribution is 6.35. The first-order chi connectivity index (χ1) is 15.0. The molecule has 0 atom stereocenters. The zero-order valence-corrected chi connectivity index (χ0v) is 18.0. The van der Waals surface area contributed by atoms with Gasteiger partial charge in [0.2, 0.25) is 11.8 Å². The van der Waals surface area contributed by atoms with Gasteiger partial charge in [0.15, 0.2) is 5.75 Å². The molecule has 1 saturated heterocycles. The van der Waals surface area contributed by atoms with Crippen LogP contribution in [-0.4, -0.2) is 23.3 Å². The van der Waals surface area contributed by atoms with Gasteiger partial charge in [-0.2, -0.15) is 0 Å². The van der Waals surface area contributed by atoms with Crippen molar-refractivity contribution in [2.45, 2.75) is 19.3 Å². The third-order valence-corrected chi connectivity index (χ3v) is 5.36. The summed E-state index contributed by atoms with van der Waals surface area (Å²) in [7, 11) is 0. The molecule has 0 aliphatic carbocycles. The van der Waals surface area contributed by atoms with Gasteiger partial charge in [0.1, 0.15) is 5.02 Å². The van der Waals surface area contributed by atoms with E-state index in [9.17, 15) is 9.59 Å². The normalized spacial score (nSPS) is 13.7. The van der Waals surface area contributed by atoms with Crippen molar-refractivity contribution >= 4 is 46.4 Å². The van der Waals surface area contributed by atoms with Gasteiger partial charge in [-0.1, -0.05) is 35.3 Å². The summed E-state index contributed by atoms with van der Waals surface area (Å²) in [5, 5.41) is 3.50. The van der Waals surface area contributed by atoms with Crippen molar-refractivity contribution in [3.05, 3.63) is 76.4 Å². The maximum absolute atomic E-state index is 12.8. The van der Waals surface area contributed by atoms with Crippen LogP contribution in [0.5, 0.6) is 11.6 Å². The van der Waals surface area contributed by atoms with Crippen LogP contribution in [0, 0.1) is 0 Å². The lowest BCUT2D eigenvalue weighted by Gasteiger charge is -2.26. The number of nitrogens with zero attached hydrogens (tertiary/aromatic N) is 2. The van der Waals surface area contributed by atoms with Gasteiger partial charge in [0.05, 0.1) is 10.7 Å². The van der Waals surface area contributed by atoms with Crippen molar-refractivity contribution in [2.75, 3.05) is 16.8 Å². The fraction of sp³-hybridized carbons (Fsp3) is 0.174. The summed E-state index contributed by atoms with van der Waals surface area (Å²) >= 11 is 12.0. The number of hydrogen-bond donors (Lipinski definition) is 1. The number of piperidine rings is 1. The van der Waals surface area contributed by atoms with Crippen LogP contribution in [0.4, 0.5) is 11.4 Å². The molecule has 3 aromatic rings. The minimum absolute atomic E-state index is 0.115. The predicted molar refractivity (Wildman–Crippen MR) is 121 cm³/mol. The molecule has 4 rings (SSSR count). The molecule has 0 bridgehead atoms. The molecule has 1 aliphatic rings. The Morgan fingerprint density at radius 3 is 2.58 bits per heavy atom. The lowest BCUT2D eigenvalue weighted by atomic mass is 10.1. The van der Waals surface area contributed by atoms with Gasteiger partial charge in [-0.3, -0.25) is 9.59 Å². The molecule has 1 aliphatic heterocycles. The number of amides is 2. The first kappa shape index (κ1) is 21.2. The second-order valence-corrected chi connectivity index (χ2v) is 7.89. The van der Waals surface area contributed by atoms with Gasteiger partial charge in [-0.15, -0.1) is 0 Å². The van der Waals surface area contributed by atoms with E-state index in [2.05, 4.69) is 10.3 Å². The molecule has 0 saturated carbocycles. The van der Waals surface area contributed by atoms with Gasteiger partial charge < -0.3 is 15.0 Å². The number of aromatic nitrogens is 1. The average molecular weight is 456 g/mol. The van der Waals surface area contributed by atoms with E-state index in [1.54, 1.807) is 53.4 Å². The predicted octanol–water partition coefficient (Wildman–Crippen LogP) is 5.95. The topological polar surface area (TPSA) is 71.5 Å². The second kappa shape index (κ2) is 9.37. The molecule has 2 aromatic carbocycles.